The van der Waals surface area contributed by atoms with Gasteiger partial charge in [-0.15, -0.1) is 24.0 Å². The second kappa shape index (κ2) is 8.53. The van der Waals surface area contributed by atoms with E-state index < -0.39 is 9.84 Å². The lowest BCUT2D eigenvalue weighted by molar-refractivity contribution is -0.134. The largest absolute Gasteiger partial charge is 0.375 e. The molecule has 1 saturated carbocycles. The van der Waals surface area contributed by atoms with Crippen molar-refractivity contribution < 1.29 is 13.2 Å². The van der Waals surface area contributed by atoms with Crippen molar-refractivity contribution in [1.82, 2.24) is 10.6 Å². The molecule has 2 aliphatic rings. The molecular weight excluding hydrogens is 441 g/mol. The topological polar surface area (TPSA) is 79.8 Å². The van der Waals surface area contributed by atoms with Crippen LogP contribution in [0.3, 0.4) is 0 Å². The molecule has 2 fully saturated rings. The van der Waals surface area contributed by atoms with Gasteiger partial charge in [0.2, 0.25) is 0 Å². The van der Waals surface area contributed by atoms with Gasteiger partial charge in [0.25, 0.3) is 0 Å². The highest BCUT2D eigenvalue weighted by Crippen LogP contribution is 2.43. The van der Waals surface area contributed by atoms with Crippen molar-refractivity contribution in [2.45, 2.75) is 58.8 Å². The predicted octanol–water partition coefficient (Wildman–Crippen LogP) is 1.80. The summed E-state index contributed by atoms with van der Waals surface area (Å²) in [5, 5.41) is 6.73. The minimum atomic E-state index is -2.82. The third-order valence-electron chi connectivity index (χ3n) is 5.03. The number of rotatable bonds is 5. The van der Waals surface area contributed by atoms with Gasteiger partial charge in [-0.05, 0) is 32.6 Å². The number of ether oxygens (including phenoxy) is 1. The Bertz CT molecular complexity index is 549. The Balaban J connectivity index is 0.00000288. The van der Waals surface area contributed by atoms with Crippen molar-refractivity contribution in [3.63, 3.8) is 0 Å². The van der Waals surface area contributed by atoms with E-state index in [0.717, 1.165) is 18.8 Å². The first-order valence-electron chi connectivity index (χ1n) is 8.47. The summed E-state index contributed by atoms with van der Waals surface area (Å²) in [5.74, 6) is 1.53. The summed E-state index contributed by atoms with van der Waals surface area (Å²) in [4.78, 5) is 4.26. The van der Waals surface area contributed by atoms with E-state index in [1.165, 1.54) is 0 Å². The van der Waals surface area contributed by atoms with E-state index in [4.69, 9.17) is 4.74 Å². The van der Waals surface area contributed by atoms with Gasteiger partial charge in [-0.25, -0.2) is 8.42 Å². The van der Waals surface area contributed by atoms with Crippen LogP contribution in [0.5, 0.6) is 0 Å². The van der Waals surface area contributed by atoms with Crippen LogP contribution in [0.1, 0.15) is 40.5 Å². The average Bonchev–Trinajstić information content (AvgIpc) is 2.80. The fourth-order valence-electron chi connectivity index (χ4n) is 3.32. The Morgan fingerprint density at radius 2 is 2.04 bits per heavy atom. The summed E-state index contributed by atoms with van der Waals surface area (Å²) in [6, 6.07) is 0.310. The Morgan fingerprint density at radius 1 is 1.38 bits per heavy atom. The van der Waals surface area contributed by atoms with Crippen molar-refractivity contribution in [3.05, 3.63) is 0 Å². The summed E-state index contributed by atoms with van der Waals surface area (Å²) < 4.78 is 29.0. The molecule has 0 radical (unpaired) electrons. The van der Waals surface area contributed by atoms with Crippen LogP contribution < -0.4 is 10.6 Å². The summed E-state index contributed by atoms with van der Waals surface area (Å²) in [6.45, 7) is 9.19. The van der Waals surface area contributed by atoms with E-state index in [-0.39, 0.29) is 53.3 Å². The van der Waals surface area contributed by atoms with Crippen LogP contribution in [0.25, 0.3) is 0 Å². The summed E-state index contributed by atoms with van der Waals surface area (Å²) >= 11 is 0. The van der Waals surface area contributed by atoms with Crippen molar-refractivity contribution in [2.75, 3.05) is 25.1 Å². The lowest BCUT2D eigenvalue weighted by Gasteiger charge is -2.52. The van der Waals surface area contributed by atoms with Crippen LogP contribution in [-0.4, -0.2) is 57.7 Å². The number of hydrogen-bond donors (Lipinski definition) is 2. The standard InChI is InChI=1S/C16H31N3O3S.HI/c1-11(2)22-14-8-13(16(14,3)4)19-15(17-5)18-9-12-6-7-23(20,21)10-12;/h11-14H,6-10H2,1-5H3,(H2,17,18,19);1H. The third-order valence-corrected chi connectivity index (χ3v) is 6.87. The number of guanidine groups is 1. The van der Waals surface area contributed by atoms with Crippen LogP contribution in [0.4, 0.5) is 0 Å². The molecule has 1 heterocycles. The highest BCUT2D eigenvalue weighted by Gasteiger charge is 2.49. The fraction of sp³-hybridized carbons (Fsp3) is 0.938. The average molecular weight is 473 g/mol. The minimum absolute atomic E-state index is 0. The summed E-state index contributed by atoms with van der Waals surface area (Å²) in [5.41, 5.74) is 0.0542. The Hall–Kier alpha value is -0.0900. The van der Waals surface area contributed by atoms with E-state index in [2.05, 4.69) is 43.3 Å². The first-order valence-corrected chi connectivity index (χ1v) is 10.3. The van der Waals surface area contributed by atoms with Gasteiger partial charge < -0.3 is 15.4 Å². The number of nitrogens with zero attached hydrogens (tertiary/aromatic N) is 1. The molecule has 0 amide bonds. The van der Waals surface area contributed by atoms with Gasteiger partial charge >= 0.3 is 0 Å². The van der Waals surface area contributed by atoms with Gasteiger partial charge in [0.15, 0.2) is 15.8 Å². The van der Waals surface area contributed by atoms with Crippen molar-refractivity contribution >= 4 is 39.8 Å². The van der Waals surface area contributed by atoms with E-state index in [9.17, 15) is 8.42 Å². The highest BCUT2D eigenvalue weighted by molar-refractivity contribution is 14.0. The molecule has 142 valence electrons. The number of hydrogen-bond acceptors (Lipinski definition) is 4. The molecule has 24 heavy (non-hydrogen) atoms. The lowest BCUT2D eigenvalue weighted by Crippen LogP contribution is -2.64. The maximum Gasteiger partial charge on any atom is 0.191 e. The number of nitrogens with one attached hydrogen (secondary N) is 2. The maximum absolute atomic E-state index is 11.5. The number of sulfone groups is 1. The molecule has 3 unspecified atom stereocenters. The zero-order valence-corrected chi connectivity index (χ0v) is 18.5. The Kier molecular flexibility index (Phi) is 7.80. The Labute approximate surface area is 163 Å². The molecule has 1 aliphatic heterocycles. The van der Waals surface area contributed by atoms with Gasteiger partial charge in [0, 0.05) is 25.0 Å². The molecule has 0 aromatic rings. The van der Waals surface area contributed by atoms with E-state index in [1.54, 1.807) is 7.05 Å². The maximum atomic E-state index is 11.5. The summed E-state index contributed by atoms with van der Waals surface area (Å²) in [6.07, 6.45) is 2.20. The predicted molar refractivity (Wildman–Crippen MR) is 109 cm³/mol. The van der Waals surface area contributed by atoms with Crippen LogP contribution in [0, 0.1) is 11.3 Å². The SMILES string of the molecule is CN=C(NCC1CCS(=O)(=O)C1)NC1CC(OC(C)C)C1(C)C.I. The van der Waals surface area contributed by atoms with Gasteiger partial charge in [0.05, 0.1) is 23.7 Å². The van der Waals surface area contributed by atoms with Gasteiger partial charge in [-0.1, -0.05) is 13.8 Å². The molecule has 2 rings (SSSR count). The second-order valence-electron chi connectivity index (χ2n) is 7.65. The minimum Gasteiger partial charge on any atom is -0.375 e. The molecule has 8 heteroatoms. The third kappa shape index (κ3) is 5.45. The number of halogens is 1. The molecule has 0 aromatic heterocycles. The van der Waals surface area contributed by atoms with Gasteiger partial charge in [-0.3, -0.25) is 4.99 Å². The normalized spacial score (nSPS) is 31.2. The lowest BCUT2D eigenvalue weighted by atomic mass is 9.64. The van der Waals surface area contributed by atoms with E-state index >= 15 is 0 Å². The van der Waals surface area contributed by atoms with E-state index in [0.29, 0.717) is 18.3 Å². The molecule has 1 saturated heterocycles. The summed E-state index contributed by atoms with van der Waals surface area (Å²) in [7, 11) is -1.08. The fourth-order valence-corrected chi connectivity index (χ4v) is 5.19. The van der Waals surface area contributed by atoms with Crippen molar-refractivity contribution in [1.29, 1.82) is 0 Å². The van der Waals surface area contributed by atoms with Crippen LogP contribution in [-0.2, 0) is 14.6 Å². The quantitative estimate of drug-likeness (QED) is 0.362. The molecule has 0 bridgehead atoms. The first-order chi connectivity index (χ1) is 10.6. The highest BCUT2D eigenvalue weighted by atomic mass is 127. The zero-order chi connectivity index (χ0) is 17.3. The smallest absolute Gasteiger partial charge is 0.191 e. The first kappa shape index (κ1) is 22.0. The van der Waals surface area contributed by atoms with Gasteiger partial charge in [0.1, 0.15) is 0 Å². The van der Waals surface area contributed by atoms with Crippen LogP contribution >= 0.6 is 24.0 Å². The number of aliphatic imine (C=N–C) groups is 1. The van der Waals surface area contributed by atoms with Gasteiger partial charge in [-0.2, -0.15) is 0 Å². The molecule has 2 N–H and O–H groups in total. The molecular formula is C16H32IN3O3S. The zero-order valence-electron chi connectivity index (χ0n) is 15.3. The molecule has 6 nitrogen and oxygen atoms in total. The van der Waals surface area contributed by atoms with Crippen LogP contribution in [0.2, 0.25) is 0 Å². The van der Waals surface area contributed by atoms with Crippen molar-refractivity contribution in [2.24, 2.45) is 16.3 Å². The molecule has 1 aliphatic carbocycles. The molecule has 0 spiro atoms. The molecule has 3 atom stereocenters. The second-order valence-corrected chi connectivity index (χ2v) is 9.88. The van der Waals surface area contributed by atoms with Crippen LogP contribution in [0.15, 0.2) is 4.99 Å². The Morgan fingerprint density at radius 3 is 2.50 bits per heavy atom. The molecule has 0 aromatic carbocycles. The van der Waals surface area contributed by atoms with E-state index in [1.807, 2.05) is 0 Å². The van der Waals surface area contributed by atoms with Crippen molar-refractivity contribution in [3.8, 4) is 0 Å². The monoisotopic (exact) mass is 473 g/mol.